The molecule has 0 aliphatic rings. The van der Waals surface area contributed by atoms with Crippen LogP contribution in [-0.2, 0) is 23.9 Å². The predicted octanol–water partition coefficient (Wildman–Crippen LogP) is 2.18. The predicted molar refractivity (Wildman–Crippen MR) is 89.9 cm³/mol. The van der Waals surface area contributed by atoms with E-state index in [9.17, 15) is 9.00 Å². The molecular weight excluding hydrogens is 326 g/mol. The van der Waals surface area contributed by atoms with Gasteiger partial charge in [0.1, 0.15) is 0 Å². The largest absolute Gasteiger partial charge is 0.342 e. The zero-order valence-corrected chi connectivity index (χ0v) is 15.0. The van der Waals surface area contributed by atoms with E-state index in [4.69, 9.17) is 4.18 Å². The molecule has 0 aliphatic carbocycles. The van der Waals surface area contributed by atoms with Crippen molar-refractivity contribution in [2.75, 3.05) is 34.4 Å². The lowest BCUT2D eigenvalue weighted by molar-refractivity contribution is 0.0788. The number of rotatable bonds is 7. The highest BCUT2D eigenvalue weighted by Crippen LogP contribution is 2.06. The number of carbonyl (C=O) groups excluding carboxylic acids is 1. The number of amides is 1. The molecule has 0 radical (unpaired) electrons. The fraction of sp³-hybridized carbons (Fsp3) is 0.500. The Labute approximate surface area is 140 Å². The normalized spacial score (nSPS) is 11.3. The Balaban J connectivity index is 0.00000135. The van der Waals surface area contributed by atoms with Crippen LogP contribution in [0, 0.1) is 6.92 Å². The van der Waals surface area contributed by atoms with E-state index in [-0.39, 0.29) is 12.5 Å². The molecule has 1 aromatic carbocycles. The van der Waals surface area contributed by atoms with E-state index in [0.717, 1.165) is 5.56 Å². The van der Waals surface area contributed by atoms with Gasteiger partial charge in [-0.25, -0.2) is 0 Å². The second kappa shape index (κ2) is 12.6. The van der Waals surface area contributed by atoms with Crippen molar-refractivity contribution >= 4 is 30.2 Å². The first kappa shape index (κ1) is 21.1. The standard InChI is InChI=1S/C13H19NO4S.CH4OS/c1-11-5-7-12(8-6-11)13(15)14(2)9-4-10-18-19(16)17-3;1-2-3/h5-8H,4,9-10H2,1-3H3;3H,1H3. The van der Waals surface area contributed by atoms with Crippen LogP contribution in [0.25, 0.3) is 0 Å². The summed E-state index contributed by atoms with van der Waals surface area (Å²) in [5.41, 5.74) is 1.78. The number of aryl methyl sites for hydroxylation is 1. The molecule has 1 aromatic rings. The number of hydrogen-bond acceptors (Lipinski definition) is 6. The topological polar surface area (TPSA) is 65.1 Å². The van der Waals surface area contributed by atoms with Gasteiger partial charge < -0.3 is 9.08 Å². The minimum absolute atomic E-state index is 0.0344. The number of thiol groups is 1. The lowest BCUT2D eigenvalue weighted by atomic mass is 10.1. The summed E-state index contributed by atoms with van der Waals surface area (Å²) in [6.07, 6.45) is 0.600. The lowest BCUT2D eigenvalue weighted by Gasteiger charge is -2.17. The Kier molecular flexibility index (Phi) is 12.1. The first-order valence-corrected chi connectivity index (χ1v) is 7.92. The molecule has 0 heterocycles. The summed E-state index contributed by atoms with van der Waals surface area (Å²) in [7, 11) is 4.53. The lowest BCUT2D eigenvalue weighted by Crippen LogP contribution is -2.28. The molecule has 0 aromatic heterocycles. The van der Waals surface area contributed by atoms with Crippen molar-refractivity contribution in [1.82, 2.24) is 4.90 Å². The maximum Gasteiger partial charge on any atom is 0.304 e. The average Bonchev–Trinajstić information content (AvgIpc) is 2.51. The maximum absolute atomic E-state index is 12.0. The van der Waals surface area contributed by atoms with Crippen LogP contribution in [0.3, 0.4) is 0 Å². The SMILES string of the molecule is COS.COS(=O)OCCCN(C)C(=O)c1ccc(C)cc1. The molecule has 6 nitrogen and oxygen atoms in total. The van der Waals surface area contributed by atoms with Gasteiger partial charge in [0.2, 0.25) is 0 Å². The molecule has 8 heteroatoms. The Morgan fingerprint density at radius 2 is 1.82 bits per heavy atom. The highest BCUT2D eigenvalue weighted by atomic mass is 32.2. The number of carbonyl (C=O) groups is 1. The zero-order valence-electron chi connectivity index (χ0n) is 13.3. The van der Waals surface area contributed by atoms with Crippen LogP contribution in [0.2, 0.25) is 0 Å². The van der Waals surface area contributed by atoms with Gasteiger partial charge in [-0.05, 0) is 38.4 Å². The molecule has 1 atom stereocenters. The monoisotopic (exact) mass is 349 g/mol. The van der Waals surface area contributed by atoms with Gasteiger partial charge in [-0.1, -0.05) is 17.7 Å². The van der Waals surface area contributed by atoms with Crippen molar-refractivity contribution in [3.05, 3.63) is 35.4 Å². The highest BCUT2D eigenvalue weighted by Gasteiger charge is 2.11. The van der Waals surface area contributed by atoms with Gasteiger partial charge in [0.05, 0.1) is 13.7 Å². The van der Waals surface area contributed by atoms with Gasteiger partial charge in [-0.3, -0.25) is 13.2 Å². The third-order valence-corrected chi connectivity index (χ3v) is 3.23. The van der Waals surface area contributed by atoms with Crippen LogP contribution in [0.1, 0.15) is 22.3 Å². The molecule has 0 fully saturated rings. The van der Waals surface area contributed by atoms with E-state index in [1.807, 2.05) is 31.2 Å². The molecule has 0 spiro atoms. The summed E-state index contributed by atoms with van der Waals surface area (Å²) >= 11 is 1.59. The van der Waals surface area contributed by atoms with Crippen molar-refractivity contribution in [3.63, 3.8) is 0 Å². The highest BCUT2D eigenvalue weighted by molar-refractivity contribution is 7.75. The molecule has 0 bridgehead atoms. The summed E-state index contributed by atoms with van der Waals surface area (Å²) < 4.78 is 24.1. The first-order valence-electron chi connectivity index (χ1n) is 6.55. The van der Waals surface area contributed by atoms with Crippen LogP contribution < -0.4 is 0 Å². The number of benzene rings is 1. The van der Waals surface area contributed by atoms with E-state index >= 15 is 0 Å². The minimum Gasteiger partial charge on any atom is -0.342 e. The van der Waals surface area contributed by atoms with Crippen molar-refractivity contribution in [1.29, 1.82) is 0 Å². The molecular formula is C14H23NO5S2. The van der Waals surface area contributed by atoms with E-state index < -0.39 is 11.4 Å². The summed E-state index contributed by atoms with van der Waals surface area (Å²) in [4.78, 5) is 13.7. The molecule has 1 unspecified atom stereocenters. The smallest absolute Gasteiger partial charge is 0.304 e. The van der Waals surface area contributed by atoms with Crippen LogP contribution in [0.15, 0.2) is 24.3 Å². The summed E-state index contributed by atoms with van der Waals surface area (Å²) in [6.45, 7) is 2.80. The Hall–Kier alpha value is -0.930. The molecule has 22 heavy (non-hydrogen) atoms. The quantitative estimate of drug-likeness (QED) is 0.464. The molecule has 1 rings (SSSR count). The van der Waals surface area contributed by atoms with Crippen molar-refractivity contribution in [3.8, 4) is 0 Å². The average molecular weight is 349 g/mol. The Bertz CT molecular complexity index is 453. The van der Waals surface area contributed by atoms with Gasteiger partial charge in [0.15, 0.2) is 0 Å². The van der Waals surface area contributed by atoms with Gasteiger partial charge in [0.25, 0.3) is 5.91 Å². The van der Waals surface area contributed by atoms with E-state index in [2.05, 4.69) is 21.3 Å². The summed E-state index contributed by atoms with van der Waals surface area (Å²) in [5, 5.41) is 0. The first-order chi connectivity index (χ1) is 10.5. The van der Waals surface area contributed by atoms with Crippen molar-refractivity contribution in [2.24, 2.45) is 0 Å². The van der Waals surface area contributed by atoms with Crippen LogP contribution in [0.5, 0.6) is 0 Å². The van der Waals surface area contributed by atoms with Gasteiger partial charge in [0, 0.05) is 26.3 Å². The molecule has 0 saturated carbocycles. The van der Waals surface area contributed by atoms with Crippen molar-refractivity contribution < 1.29 is 21.6 Å². The maximum atomic E-state index is 12.0. The van der Waals surface area contributed by atoms with Gasteiger partial charge in [-0.15, -0.1) is 0 Å². The molecule has 0 aliphatic heterocycles. The number of hydrogen-bond donors (Lipinski definition) is 1. The van der Waals surface area contributed by atoms with Gasteiger partial charge >= 0.3 is 11.4 Å². The Morgan fingerprint density at radius 3 is 2.32 bits per heavy atom. The van der Waals surface area contributed by atoms with Gasteiger partial charge in [-0.2, -0.15) is 4.21 Å². The molecule has 1 amide bonds. The summed E-state index contributed by atoms with van der Waals surface area (Å²) in [6, 6.07) is 7.44. The Morgan fingerprint density at radius 1 is 1.27 bits per heavy atom. The fourth-order valence-corrected chi connectivity index (χ4v) is 1.85. The summed E-state index contributed by atoms with van der Waals surface area (Å²) in [5.74, 6) is -0.0344. The minimum atomic E-state index is -1.69. The second-order valence-corrected chi connectivity index (χ2v) is 5.66. The van der Waals surface area contributed by atoms with Crippen LogP contribution in [0.4, 0.5) is 0 Å². The van der Waals surface area contributed by atoms with E-state index in [0.29, 0.717) is 18.5 Å². The van der Waals surface area contributed by atoms with Crippen LogP contribution >= 0.6 is 12.9 Å². The zero-order chi connectivity index (χ0) is 17.0. The third-order valence-electron chi connectivity index (χ3n) is 2.60. The van der Waals surface area contributed by atoms with E-state index in [1.165, 1.54) is 14.2 Å². The second-order valence-electron chi connectivity index (χ2n) is 4.32. The number of nitrogens with zero attached hydrogens (tertiary/aromatic N) is 1. The third kappa shape index (κ3) is 9.16. The molecule has 0 saturated heterocycles. The van der Waals surface area contributed by atoms with Crippen molar-refractivity contribution in [2.45, 2.75) is 13.3 Å². The fourth-order valence-electron chi connectivity index (χ4n) is 1.49. The molecule has 126 valence electrons. The van der Waals surface area contributed by atoms with Crippen LogP contribution in [-0.4, -0.2) is 49.4 Å². The van der Waals surface area contributed by atoms with E-state index in [1.54, 1.807) is 11.9 Å². The molecule has 0 N–H and O–H groups in total.